The highest BCUT2D eigenvalue weighted by atomic mass is 16.5. The van der Waals surface area contributed by atoms with Crippen molar-refractivity contribution in [1.29, 1.82) is 0 Å². The smallest absolute Gasteiger partial charge is 0.303 e. The minimum Gasteiger partial charge on any atom is -0.497 e. The number of hydrogen-bond acceptors (Lipinski definition) is 4. The molecule has 0 aromatic heterocycles. The van der Waals surface area contributed by atoms with Crippen molar-refractivity contribution in [2.24, 2.45) is 0 Å². The van der Waals surface area contributed by atoms with Crippen molar-refractivity contribution in [3.05, 3.63) is 24.3 Å². The maximum atomic E-state index is 11.6. The third-order valence-electron chi connectivity index (χ3n) is 2.07. The van der Waals surface area contributed by atoms with Gasteiger partial charge in [0.05, 0.1) is 7.11 Å². The van der Waals surface area contributed by atoms with Crippen LogP contribution in [0.1, 0.15) is 13.8 Å². The molecule has 0 spiro atoms. The molecule has 1 aromatic rings. The number of carbonyl (C=O) groups is 2. The SMILES string of the molecule is COc1ccc(NC(=O)[C@@H](C)OC(C)=O)cc1. The van der Waals surface area contributed by atoms with Crippen LogP contribution in [0.3, 0.4) is 0 Å². The molecular formula is C12H15NO4. The standard InChI is InChI=1S/C12H15NO4/c1-8(17-9(2)14)12(15)13-10-4-6-11(16-3)7-5-10/h4-8H,1-3H3,(H,13,15)/t8-/m1/s1. The second-order valence-corrected chi connectivity index (χ2v) is 3.47. The van der Waals surface area contributed by atoms with Gasteiger partial charge in [0.25, 0.3) is 5.91 Å². The molecule has 0 aliphatic rings. The molecule has 0 saturated heterocycles. The van der Waals surface area contributed by atoms with Crippen molar-refractivity contribution in [3.8, 4) is 5.75 Å². The van der Waals surface area contributed by atoms with Gasteiger partial charge in [0.2, 0.25) is 0 Å². The van der Waals surface area contributed by atoms with Crippen molar-refractivity contribution in [2.45, 2.75) is 20.0 Å². The van der Waals surface area contributed by atoms with Gasteiger partial charge in [-0.2, -0.15) is 0 Å². The molecule has 0 aliphatic carbocycles. The topological polar surface area (TPSA) is 64.6 Å². The summed E-state index contributed by atoms with van der Waals surface area (Å²) >= 11 is 0. The number of ether oxygens (including phenoxy) is 2. The van der Waals surface area contributed by atoms with Crippen molar-refractivity contribution in [1.82, 2.24) is 0 Å². The highest BCUT2D eigenvalue weighted by Crippen LogP contribution is 2.15. The van der Waals surface area contributed by atoms with E-state index in [0.29, 0.717) is 11.4 Å². The van der Waals surface area contributed by atoms with E-state index < -0.39 is 12.1 Å². The number of rotatable bonds is 4. The average Bonchev–Trinajstić information content (AvgIpc) is 2.29. The summed E-state index contributed by atoms with van der Waals surface area (Å²) in [5, 5.41) is 2.63. The summed E-state index contributed by atoms with van der Waals surface area (Å²) in [5.41, 5.74) is 0.620. The molecule has 92 valence electrons. The van der Waals surface area contributed by atoms with Crippen LogP contribution < -0.4 is 10.1 Å². The van der Waals surface area contributed by atoms with E-state index in [-0.39, 0.29) is 5.91 Å². The Labute approximate surface area is 99.7 Å². The molecule has 5 nitrogen and oxygen atoms in total. The minimum absolute atomic E-state index is 0.370. The van der Waals surface area contributed by atoms with Gasteiger partial charge < -0.3 is 14.8 Å². The fourth-order valence-electron chi connectivity index (χ4n) is 1.22. The zero-order valence-corrected chi connectivity index (χ0v) is 10.0. The van der Waals surface area contributed by atoms with E-state index in [1.807, 2.05) is 0 Å². The lowest BCUT2D eigenvalue weighted by molar-refractivity contribution is -0.150. The third-order valence-corrected chi connectivity index (χ3v) is 2.07. The molecule has 1 amide bonds. The van der Waals surface area contributed by atoms with Gasteiger partial charge in [-0.15, -0.1) is 0 Å². The van der Waals surface area contributed by atoms with Crippen LogP contribution in [-0.4, -0.2) is 25.1 Å². The highest BCUT2D eigenvalue weighted by Gasteiger charge is 2.15. The van der Waals surface area contributed by atoms with Crippen LogP contribution >= 0.6 is 0 Å². The lowest BCUT2D eigenvalue weighted by atomic mass is 10.3. The normalized spacial score (nSPS) is 11.5. The second-order valence-electron chi connectivity index (χ2n) is 3.47. The molecule has 1 aromatic carbocycles. The molecule has 1 rings (SSSR count). The molecular weight excluding hydrogens is 222 g/mol. The highest BCUT2D eigenvalue weighted by molar-refractivity contribution is 5.94. The number of benzene rings is 1. The maximum Gasteiger partial charge on any atom is 0.303 e. The summed E-state index contributed by atoms with van der Waals surface area (Å²) in [5.74, 6) is -0.149. The van der Waals surface area contributed by atoms with E-state index in [1.165, 1.54) is 13.8 Å². The Morgan fingerprint density at radius 1 is 1.24 bits per heavy atom. The number of amides is 1. The Hall–Kier alpha value is -2.04. The van der Waals surface area contributed by atoms with E-state index in [9.17, 15) is 9.59 Å². The predicted molar refractivity (Wildman–Crippen MR) is 62.9 cm³/mol. The maximum absolute atomic E-state index is 11.6. The van der Waals surface area contributed by atoms with Crippen LogP contribution in [0.25, 0.3) is 0 Å². The molecule has 17 heavy (non-hydrogen) atoms. The monoisotopic (exact) mass is 237 g/mol. The average molecular weight is 237 g/mol. The van der Waals surface area contributed by atoms with Gasteiger partial charge in [-0.05, 0) is 31.2 Å². The Bertz CT molecular complexity index is 399. The first-order valence-corrected chi connectivity index (χ1v) is 5.15. The van der Waals surface area contributed by atoms with Crippen molar-refractivity contribution in [3.63, 3.8) is 0 Å². The van der Waals surface area contributed by atoms with Gasteiger partial charge in [0.1, 0.15) is 5.75 Å². The van der Waals surface area contributed by atoms with Gasteiger partial charge >= 0.3 is 5.97 Å². The minimum atomic E-state index is -0.811. The van der Waals surface area contributed by atoms with Crippen molar-refractivity contribution in [2.75, 3.05) is 12.4 Å². The predicted octanol–water partition coefficient (Wildman–Crippen LogP) is 1.59. The van der Waals surface area contributed by atoms with Crippen LogP contribution in [0.4, 0.5) is 5.69 Å². The lowest BCUT2D eigenvalue weighted by Crippen LogP contribution is -2.29. The second kappa shape index (κ2) is 5.89. The molecule has 0 fully saturated rings. The molecule has 0 unspecified atom stereocenters. The van der Waals surface area contributed by atoms with Gasteiger partial charge in [-0.25, -0.2) is 0 Å². The van der Waals surface area contributed by atoms with E-state index in [4.69, 9.17) is 9.47 Å². The number of anilines is 1. The Kier molecular flexibility index (Phi) is 4.51. The lowest BCUT2D eigenvalue weighted by Gasteiger charge is -2.12. The van der Waals surface area contributed by atoms with Crippen LogP contribution in [0.2, 0.25) is 0 Å². The molecule has 0 bridgehead atoms. The summed E-state index contributed by atoms with van der Waals surface area (Å²) in [6.45, 7) is 2.78. The Balaban J connectivity index is 2.58. The number of hydrogen-bond donors (Lipinski definition) is 1. The first kappa shape index (κ1) is 13.0. The van der Waals surface area contributed by atoms with Crippen LogP contribution in [0.15, 0.2) is 24.3 Å². The summed E-state index contributed by atoms with van der Waals surface area (Å²) < 4.78 is 9.75. The van der Waals surface area contributed by atoms with E-state index in [2.05, 4.69) is 5.32 Å². The largest absolute Gasteiger partial charge is 0.497 e. The first-order valence-electron chi connectivity index (χ1n) is 5.15. The molecule has 5 heteroatoms. The fraction of sp³-hybridized carbons (Fsp3) is 0.333. The number of carbonyl (C=O) groups excluding carboxylic acids is 2. The van der Waals surface area contributed by atoms with Crippen LogP contribution in [-0.2, 0) is 14.3 Å². The summed E-state index contributed by atoms with van der Waals surface area (Å²) in [6.07, 6.45) is -0.811. The van der Waals surface area contributed by atoms with Gasteiger partial charge in [0.15, 0.2) is 6.10 Å². The summed E-state index contributed by atoms with van der Waals surface area (Å²) in [7, 11) is 1.57. The third kappa shape index (κ3) is 4.14. The first-order chi connectivity index (χ1) is 8.02. The molecule has 1 atom stereocenters. The number of nitrogens with one attached hydrogen (secondary N) is 1. The van der Waals surface area contributed by atoms with Gasteiger partial charge in [-0.3, -0.25) is 9.59 Å². The van der Waals surface area contributed by atoms with Gasteiger partial charge in [0, 0.05) is 12.6 Å². The Morgan fingerprint density at radius 3 is 2.29 bits per heavy atom. The Morgan fingerprint density at radius 2 is 1.82 bits per heavy atom. The summed E-state index contributed by atoms with van der Waals surface area (Å²) in [4.78, 5) is 22.3. The quantitative estimate of drug-likeness (QED) is 0.807. The zero-order chi connectivity index (χ0) is 12.8. The van der Waals surface area contributed by atoms with E-state index in [1.54, 1.807) is 31.4 Å². The molecule has 0 saturated carbocycles. The van der Waals surface area contributed by atoms with E-state index >= 15 is 0 Å². The van der Waals surface area contributed by atoms with E-state index in [0.717, 1.165) is 0 Å². The summed E-state index contributed by atoms with van der Waals surface area (Å²) in [6, 6.07) is 6.87. The fourth-order valence-corrected chi connectivity index (χ4v) is 1.22. The van der Waals surface area contributed by atoms with Crippen LogP contribution in [0.5, 0.6) is 5.75 Å². The zero-order valence-electron chi connectivity index (χ0n) is 10.0. The van der Waals surface area contributed by atoms with Crippen molar-refractivity contribution < 1.29 is 19.1 Å². The van der Waals surface area contributed by atoms with Gasteiger partial charge in [-0.1, -0.05) is 0 Å². The number of methoxy groups -OCH3 is 1. The van der Waals surface area contributed by atoms with Crippen molar-refractivity contribution >= 4 is 17.6 Å². The molecule has 0 radical (unpaired) electrons. The van der Waals surface area contributed by atoms with Crippen LogP contribution in [0, 0.1) is 0 Å². The molecule has 1 N–H and O–H groups in total. The molecule has 0 heterocycles. The molecule has 0 aliphatic heterocycles. The number of esters is 1.